The number of hydrogen-bond acceptors (Lipinski definition) is 3. The van der Waals surface area contributed by atoms with Crippen LogP contribution in [-0.2, 0) is 0 Å². The van der Waals surface area contributed by atoms with Crippen LogP contribution in [0.25, 0.3) is 0 Å². The van der Waals surface area contributed by atoms with Crippen LogP contribution in [0.4, 0.5) is 0 Å². The molecule has 2 N–H and O–H groups in total. The van der Waals surface area contributed by atoms with Gasteiger partial charge in [-0.25, -0.2) is 0 Å². The maximum atomic E-state index is 11.9. The van der Waals surface area contributed by atoms with Gasteiger partial charge in [-0.1, -0.05) is 13.8 Å². The number of aliphatic imine (C=N–C) groups is 1. The number of aryl methyl sites for hydroxylation is 1. The first kappa shape index (κ1) is 21.8. The Bertz CT molecular complexity index is 583. The van der Waals surface area contributed by atoms with Crippen LogP contribution in [0.2, 0.25) is 0 Å². The predicted octanol–water partition coefficient (Wildman–Crippen LogP) is 3.02. The summed E-state index contributed by atoms with van der Waals surface area (Å²) in [4.78, 5) is 19.0. The zero-order valence-electron chi connectivity index (χ0n) is 15.7. The SMILES string of the molecule is CCNC(=NCCCNC(=O)c1occc1C)N1CCC(C)(C)C1.I. The normalized spacial score (nSPS) is 16.5. The van der Waals surface area contributed by atoms with Gasteiger partial charge in [-0.15, -0.1) is 24.0 Å². The molecule has 142 valence electrons. The highest BCUT2D eigenvalue weighted by Gasteiger charge is 2.30. The number of guanidine groups is 1. The molecule has 0 atom stereocenters. The lowest BCUT2D eigenvalue weighted by atomic mass is 9.93. The first-order valence-electron chi connectivity index (χ1n) is 8.78. The molecular formula is C18H31IN4O2. The first-order chi connectivity index (χ1) is 11.4. The van der Waals surface area contributed by atoms with E-state index in [9.17, 15) is 4.79 Å². The van der Waals surface area contributed by atoms with Crippen molar-refractivity contribution in [3.05, 3.63) is 23.7 Å². The molecule has 2 heterocycles. The van der Waals surface area contributed by atoms with Crippen LogP contribution >= 0.6 is 24.0 Å². The summed E-state index contributed by atoms with van der Waals surface area (Å²) in [6.07, 6.45) is 3.53. The third-order valence-corrected chi connectivity index (χ3v) is 4.26. The molecule has 0 saturated carbocycles. The lowest BCUT2D eigenvalue weighted by Gasteiger charge is -2.23. The molecule has 0 radical (unpaired) electrons. The molecule has 1 aromatic heterocycles. The Balaban J connectivity index is 0.00000312. The molecule has 2 rings (SSSR count). The third-order valence-electron chi connectivity index (χ3n) is 4.26. The van der Waals surface area contributed by atoms with Crippen LogP contribution in [0.3, 0.4) is 0 Å². The van der Waals surface area contributed by atoms with Gasteiger partial charge in [-0.05, 0) is 38.2 Å². The van der Waals surface area contributed by atoms with Crippen molar-refractivity contribution >= 4 is 35.8 Å². The molecule has 1 aromatic rings. The van der Waals surface area contributed by atoms with E-state index in [1.54, 1.807) is 6.07 Å². The van der Waals surface area contributed by atoms with Gasteiger partial charge < -0.3 is 20.0 Å². The van der Waals surface area contributed by atoms with Gasteiger partial charge in [0.1, 0.15) is 0 Å². The minimum Gasteiger partial charge on any atom is -0.459 e. The van der Waals surface area contributed by atoms with Gasteiger partial charge in [0, 0.05) is 38.3 Å². The Morgan fingerprint density at radius 3 is 2.72 bits per heavy atom. The number of nitrogens with one attached hydrogen (secondary N) is 2. The molecule has 1 aliphatic heterocycles. The zero-order valence-corrected chi connectivity index (χ0v) is 18.1. The Kier molecular flexibility index (Phi) is 8.75. The standard InChI is InChI=1S/C18H30N4O2.HI/c1-5-19-17(22-11-8-18(3,4)13-22)21-10-6-9-20-16(23)15-14(2)7-12-24-15;/h7,12H,5-6,8-11,13H2,1-4H3,(H,19,21)(H,20,23);1H. The highest BCUT2D eigenvalue weighted by atomic mass is 127. The summed E-state index contributed by atoms with van der Waals surface area (Å²) in [5, 5.41) is 6.24. The molecule has 1 aliphatic rings. The fourth-order valence-electron chi connectivity index (χ4n) is 2.87. The minimum absolute atomic E-state index is 0. The van der Waals surface area contributed by atoms with Crippen LogP contribution < -0.4 is 10.6 Å². The maximum Gasteiger partial charge on any atom is 0.287 e. The van der Waals surface area contributed by atoms with Crippen LogP contribution in [0.5, 0.6) is 0 Å². The summed E-state index contributed by atoms with van der Waals surface area (Å²) in [6.45, 7) is 12.8. The van der Waals surface area contributed by atoms with Crippen molar-refractivity contribution in [3.63, 3.8) is 0 Å². The molecular weight excluding hydrogens is 431 g/mol. The number of furan rings is 1. The topological polar surface area (TPSA) is 69.9 Å². The molecule has 25 heavy (non-hydrogen) atoms. The highest BCUT2D eigenvalue weighted by molar-refractivity contribution is 14.0. The van der Waals surface area contributed by atoms with Gasteiger partial charge in [0.15, 0.2) is 11.7 Å². The number of amides is 1. The van der Waals surface area contributed by atoms with Gasteiger partial charge in [0.2, 0.25) is 0 Å². The molecule has 1 fully saturated rings. The summed E-state index contributed by atoms with van der Waals surface area (Å²) in [5.41, 5.74) is 1.21. The smallest absolute Gasteiger partial charge is 0.287 e. The fourth-order valence-corrected chi connectivity index (χ4v) is 2.87. The second-order valence-corrected chi connectivity index (χ2v) is 7.11. The number of halogens is 1. The molecule has 0 bridgehead atoms. The van der Waals surface area contributed by atoms with Crippen LogP contribution in [-0.4, -0.2) is 49.5 Å². The van der Waals surface area contributed by atoms with E-state index in [2.05, 4.69) is 36.3 Å². The summed E-state index contributed by atoms with van der Waals surface area (Å²) < 4.78 is 5.18. The van der Waals surface area contributed by atoms with E-state index < -0.39 is 0 Å². The van der Waals surface area contributed by atoms with E-state index in [-0.39, 0.29) is 29.9 Å². The van der Waals surface area contributed by atoms with Gasteiger partial charge in [-0.2, -0.15) is 0 Å². The van der Waals surface area contributed by atoms with Crippen molar-refractivity contribution in [2.45, 2.75) is 40.5 Å². The molecule has 7 heteroatoms. The van der Waals surface area contributed by atoms with Crippen molar-refractivity contribution < 1.29 is 9.21 Å². The van der Waals surface area contributed by atoms with Crippen molar-refractivity contribution in [1.29, 1.82) is 0 Å². The molecule has 6 nitrogen and oxygen atoms in total. The maximum absolute atomic E-state index is 11.9. The summed E-state index contributed by atoms with van der Waals surface area (Å²) in [7, 11) is 0. The number of carbonyl (C=O) groups excluding carboxylic acids is 1. The predicted molar refractivity (Wildman–Crippen MR) is 112 cm³/mol. The second-order valence-electron chi connectivity index (χ2n) is 7.11. The average molecular weight is 462 g/mol. The Labute approximate surface area is 167 Å². The summed E-state index contributed by atoms with van der Waals surface area (Å²) in [5.74, 6) is 1.22. The zero-order chi connectivity index (χ0) is 17.6. The van der Waals surface area contributed by atoms with Crippen LogP contribution in [0.1, 0.15) is 49.7 Å². The van der Waals surface area contributed by atoms with Crippen molar-refractivity contribution in [3.8, 4) is 0 Å². The number of rotatable bonds is 6. The van der Waals surface area contributed by atoms with Crippen molar-refractivity contribution in [2.75, 3.05) is 32.7 Å². The van der Waals surface area contributed by atoms with E-state index in [1.807, 2.05) is 6.92 Å². The summed E-state index contributed by atoms with van der Waals surface area (Å²) in [6, 6.07) is 1.79. The van der Waals surface area contributed by atoms with Crippen LogP contribution in [0.15, 0.2) is 21.7 Å². The lowest BCUT2D eigenvalue weighted by Crippen LogP contribution is -2.41. The van der Waals surface area contributed by atoms with Crippen molar-refractivity contribution in [1.82, 2.24) is 15.5 Å². The van der Waals surface area contributed by atoms with Gasteiger partial charge in [0.05, 0.1) is 6.26 Å². The quantitative estimate of drug-likeness (QED) is 0.295. The minimum atomic E-state index is -0.158. The third kappa shape index (κ3) is 6.52. The van der Waals surface area contributed by atoms with E-state index in [1.165, 1.54) is 12.7 Å². The number of carbonyl (C=O) groups is 1. The van der Waals surface area contributed by atoms with Gasteiger partial charge in [0.25, 0.3) is 5.91 Å². The van der Waals surface area contributed by atoms with Gasteiger partial charge in [-0.3, -0.25) is 9.79 Å². The average Bonchev–Trinajstić information content (AvgIpc) is 3.11. The van der Waals surface area contributed by atoms with E-state index in [4.69, 9.17) is 9.41 Å². The molecule has 0 aliphatic carbocycles. The van der Waals surface area contributed by atoms with Crippen LogP contribution in [0, 0.1) is 12.3 Å². The number of hydrogen-bond donors (Lipinski definition) is 2. The first-order valence-corrected chi connectivity index (χ1v) is 8.78. The largest absolute Gasteiger partial charge is 0.459 e. The molecule has 0 unspecified atom stereocenters. The van der Waals surface area contributed by atoms with E-state index in [0.717, 1.165) is 37.6 Å². The van der Waals surface area contributed by atoms with E-state index >= 15 is 0 Å². The monoisotopic (exact) mass is 462 g/mol. The summed E-state index contributed by atoms with van der Waals surface area (Å²) >= 11 is 0. The molecule has 1 amide bonds. The molecule has 1 saturated heterocycles. The Hall–Kier alpha value is -1.25. The lowest BCUT2D eigenvalue weighted by molar-refractivity contribution is 0.0925. The second kappa shape index (κ2) is 10.0. The van der Waals surface area contributed by atoms with Gasteiger partial charge >= 0.3 is 0 Å². The van der Waals surface area contributed by atoms with E-state index in [0.29, 0.717) is 24.3 Å². The van der Waals surface area contributed by atoms with Crippen molar-refractivity contribution in [2.24, 2.45) is 10.4 Å². The fraction of sp³-hybridized carbons (Fsp3) is 0.667. The highest BCUT2D eigenvalue weighted by Crippen LogP contribution is 2.28. The Morgan fingerprint density at radius 1 is 1.40 bits per heavy atom. The number of likely N-dealkylation sites (tertiary alicyclic amines) is 1. The molecule has 0 aromatic carbocycles. The molecule has 0 spiro atoms. The number of nitrogens with zero attached hydrogens (tertiary/aromatic N) is 2. The Morgan fingerprint density at radius 2 is 2.16 bits per heavy atom.